The van der Waals surface area contributed by atoms with Crippen molar-refractivity contribution in [3.05, 3.63) is 71.8 Å². The zero-order valence-corrected chi connectivity index (χ0v) is 12.5. The Morgan fingerprint density at radius 1 is 0.909 bits per heavy atom. The van der Waals surface area contributed by atoms with Crippen LogP contribution in [0.3, 0.4) is 0 Å². The largest absolute Gasteiger partial charge is 0.493 e. The van der Waals surface area contributed by atoms with Gasteiger partial charge in [0, 0.05) is 0 Å². The number of rotatable bonds is 3. The van der Waals surface area contributed by atoms with Gasteiger partial charge in [-0.15, -0.1) is 0 Å². The molecule has 0 fully saturated rings. The third-order valence-corrected chi connectivity index (χ3v) is 3.53. The van der Waals surface area contributed by atoms with E-state index in [1.165, 1.54) is 0 Å². The molecule has 0 heterocycles. The number of methoxy groups -OCH3 is 1. The molecule has 0 radical (unpaired) electrons. The van der Waals surface area contributed by atoms with E-state index in [0.717, 1.165) is 16.3 Å². The predicted molar refractivity (Wildman–Crippen MR) is 86.6 cm³/mol. The Bertz CT molecular complexity index is 832. The summed E-state index contributed by atoms with van der Waals surface area (Å²) in [6, 6.07) is 18.8. The Morgan fingerprint density at radius 2 is 1.68 bits per heavy atom. The molecule has 0 saturated carbocycles. The van der Waals surface area contributed by atoms with Crippen LogP contribution in [0.25, 0.3) is 10.8 Å². The minimum atomic E-state index is -0.390. The zero-order valence-electron chi connectivity index (χ0n) is 12.5. The number of benzene rings is 3. The summed E-state index contributed by atoms with van der Waals surface area (Å²) in [5.74, 6) is 0.582. The molecule has 0 aliphatic carbocycles. The van der Waals surface area contributed by atoms with Crippen molar-refractivity contribution < 1.29 is 14.3 Å². The van der Waals surface area contributed by atoms with E-state index in [9.17, 15) is 4.79 Å². The van der Waals surface area contributed by atoms with Gasteiger partial charge in [0.05, 0.1) is 12.7 Å². The van der Waals surface area contributed by atoms with Crippen molar-refractivity contribution in [2.24, 2.45) is 0 Å². The summed E-state index contributed by atoms with van der Waals surface area (Å²) in [5.41, 5.74) is 1.59. The Kier molecular flexibility index (Phi) is 3.79. The van der Waals surface area contributed by atoms with Gasteiger partial charge >= 0.3 is 5.97 Å². The lowest BCUT2D eigenvalue weighted by atomic mass is 10.0. The van der Waals surface area contributed by atoms with Crippen LogP contribution in [0.1, 0.15) is 15.9 Å². The second-order valence-corrected chi connectivity index (χ2v) is 5.07. The number of carbonyl (C=O) groups is 1. The Morgan fingerprint density at radius 3 is 2.50 bits per heavy atom. The first-order valence-electron chi connectivity index (χ1n) is 7.03. The average molecular weight is 292 g/mol. The highest BCUT2D eigenvalue weighted by atomic mass is 16.6. The van der Waals surface area contributed by atoms with Gasteiger partial charge in [-0.05, 0) is 41.5 Å². The number of carbonyl (C=O) groups excluding carboxylic acids is 1. The Hall–Kier alpha value is -2.81. The molecule has 0 aliphatic heterocycles. The highest BCUT2D eigenvalue weighted by molar-refractivity contribution is 6.05. The van der Waals surface area contributed by atoms with Crippen molar-refractivity contribution in [3.63, 3.8) is 0 Å². The Labute approximate surface area is 129 Å². The number of hydrogen-bond donors (Lipinski definition) is 0. The van der Waals surface area contributed by atoms with E-state index in [2.05, 4.69) is 0 Å². The third-order valence-electron chi connectivity index (χ3n) is 3.53. The molecule has 0 bridgehead atoms. The lowest BCUT2D eigenvalue weighted by molar-refractivity contribution is 0.0732. The quantitative estimate of drug-likeness (QED) is 0.531. The molecule has 3 aromatic rings. The molecule has 22 heavy (non-hydrogen) atoms. The highest BCUT2D eigenvalue weighted by Gasteiger charge is 2.14. The molecule has 0 N–H and O–H groups in total. The first-order chi connectivity index (χ1) is 10.7. The van der Waals surface area contributed by atoms with E-state index < -0.39 is 0 Å². The van der Waals surface area contributed by atoms with Crippen LogP contribution in [0.2, 0.25) is 0 Å². The maximum Gasteiger partial charge on any atom is 0.344 e. The van der Waals surface area contributed by atoms with Crippen LogP contribution in [0.4, 0.5) is 0 Å². The topological polar surface area (TPSA) is 35.5 Å². The van der Waals surface area contributed by atoms with Crippen molar-refractivity contribution in [3.8, 4) is 11.5 Å². The van der Waals surface area contributed by atoms with Gasteiger partial charge in [0.1, 0.15) is 0 Å². The van der Waals surface area contributed by atoms with Crippen molar-refractivity contribution >= 4 is 16.7 Å². The highest BCUT2D eigenvalue weighted by Crippen LogP contribution is 2.29. The molecule has 0 spiro atoms. The first kappa shape index (κ1) is 14.1. The standard InChI is InChI=1S/C19H16O3/c1-13-10-11-17(18(12-13)21-2)22-19(20)16-9-5-7-14-6-3-4-8-15(14)16/h3-12H,1-2H3. The number of fused-ring (bicyclic) bond motifs is 1. The fourth-order valence-electron chi connectivity index (χ4n) is 2.42. The van der Waals surface area contributed by atoms with Crippen LogP contribution < -0.4 is 9.47 Å². The second-order valence-electron chi connectivity index (χ2n) is 5.07. The van der Waals surface area contributed by atoms with Gasteiger partial charge in [0.2, 0.25) is 0 Å². The maximum atomic E-state index is 12.5. The summed E-state index contributed by atoms with van der Waals surface area (Å²) >= 11 is 0. The van der Waals surface area contributed by atoms with Crippen LogP contribution in [-0.4, -0.2) is 13.1 Å². The number of hydrogen-bond acceptors (Lipinski definition) is 3. The summed E-state index contributed by atoms with van der Waals surface area (Å²) in [5, 5.41) is 1.88. The summed E-state index contributed by atoms with van der Waals surface area (Å²) < 4.78 is 10.8. The van der Waals surface area contributed by atoms with Gasteiger partial charge in [-0.2, -0.15) is 0 Å². The number of esters is 1. The van der Waals surface area contributed by atoms with Crippen molar-refractivity contribution in [2.75, 3.05) is 7.11 Å². The van der Waals surface area contributed by atoms with E-state index >= 15 is 0 Å². The average Bonchev–Trinajstić information content (AvgIpc) is 2.55. The third kappa shape index (κ3) is 2.66. The van der Waals surface area contributed by atoms with Crippen LogP contribution >= 0.6 is 0 Å². The van der Waals surface area contributed by atoms with E-state index in [4.69, 9.17) is 9.47 Å². The first-order valence-corrected chi connectivity index (χ1v) is 7.03. The molecule has 0 aromatic heterocycles. The SMILES string of the molecule is COc1cc(C)ccc1OC(=O)c1cccc2ccccc12. The maximum absolute atomic E-state index is 12.5. The molecule has 0 atom stereocenters. The molecule has 0 unspecified atom stereocenters. The number of aryl methyl sites for hydroxylation is 1. The monoisotopic (exact) mass is 292 g/mol. The fourth-order valence-corrected chi connectivity index (χ4v) is 2.42. The minimum Gasteiger partial charge on any atom is -0.493 e. The lowest BCUT2D eigenvalue weighted by Gasteiger charge is -2.11. The molecular formula is C19H16O3. The van der Waals surface area contributed by atoms with Crippen LogP contribution in [-0.2, 0) is 0 Å². The number of ether oxygens (including phenoxy) is 2. The van der Waals surface area contributed by atoms with Gasteiger partial charge in [0.15, 0.2) is 11.5 Å². The smallest absolute Gasteiger partial charge is 0.344 e. The van der Waals surface area contributed by atoms with Gasteiger partial charge in [0.25, 0.3) is 0 Å². The molecule has 0 saturated heterocycles. The zero-order chi connectivity index (χ0) is 15.5. The van der Waals surface area contributed by atoms with Gasteiger partial charge in [-0.1, -0.05) is 42.5 Å². The van der Waals surface area contributed by atoms with E-state index in [1.807, 2.05) is 55.5 Å². The van der Waals surface area contributed by atoms with E-state index in [-0.39, 0.29) is 5.97 Å². The van der Waals surface area contributed by atoms with Gasteiger partial charge < -0.3 is 9.47 Å². The van der Waals surface area contributed by atoms with E-state index in [1.54, 1.807) is 19.2 Å². The van der Waals surface area contributed by atoms with Crippen molar-refractivity contribution in [2.45, 2.75) is 6.92 Å². The molecule has 0 aliphatic rings. The summed E-state index contributed by atoms with van der Waals surface area (Å²) in [6.07, 6.45) is 0. The fraction of sp³-hybridized carbons (Fsp3) is 0.105. The molecule has 110 valence electrons. The molecule has 3 rings (SSSR count). The molecule has 3 heteroatoms. The van der Waals surface area contributed by atoms with Crippen molar-refractivity contribution in [1.82, 2.24) is 0 Å². The molecule has 3 nitrogen and oxygen atoms in total. The van der Waals surface area contributed by atoms with Crippen LogP contribution in [0.15, 0.2) is 60.7 Å². The summed E-state index contributed by atoms with van der Waals surface area (Å²) in [6.45, 7) is 1.96. The van der Waals surface area contributed by atoms with Crippen LogP contribution in [0.5, 0.6) is 11.5 Å². The summed E-state index contributed by atoms with van der Waals surface area (Å²) in [7, 11) is 1.56. The molecule has 0 amide bonds. The minimum absolute atomic E-state index is 0.390. The second kappa shape index (κ2) is 5.90. The Balaban J connectivity index is 1.97. The molecule has 3 aromatic carbocycles. The van der Waals surface area contributed by atoms with Gasteiger partial charge in [-0.3, -0.25) is 0 Å². The lowest BCUT2D eigenvalue weighted by Crippen LogP contribution is -2.09. The van der Waals surface area contributed by atoms with Gasteiger partial charge in [-0.25, -0.2) is 4.79 Å². The van der Waals surface area contributed by atoms with E-state index in [0.29, 0.717) is 17.1 Å². The predicted octanol–water partition coefficient (Wildman–Crippen LogP) is 4.38. The molecular weight excluding hydrogens is 276 g/mol. The van der Waals surface area contributed by atoms with Crippen LogP contribution in [0, 0.1) is 6.92 Å². The summed E-state index contributed by atoms with van der Waals surface area (Å²) in [4.78, 5) is 12.5. The van der Waals surface area contributed by atoms with Crippen molar-refractivity contribution in [1.29, 1.82) is 0 Å². The normalized spacial score (nSPS) is 10.5.